The number of hydrogen-bond donors (Lipinski definition) is 2. The lowest BCUT2D eigenvalue weighted by Gasteiger charge is -2.37. The molecule has 0 spiro atoms. The first kappa shape index (κ1) is 53.6. The number of ether oxygens (including phenoxy) is 5. The Bertz CT molecular complexity index is 2900. The van der Waals surface area contributed by atoms with Crippen LogP contribution < -0.4 is 15.6 Å². The van der Waals surface area contributed by atoms with Crippen molar-refractivity contribution in [1.29, 1.82) is 0 Å². The van der Waals surface area contributed by atoms with E-state index in [1.165, 1.54) is 24.1 Å². The number of thiazole rings is 1. The number of nitrogens with zero attached hydrogens (tertiary/aromatic N) is 7. The first-order valence-electron chi connectivity index (χ1n) is 27.4. The van der Waals surface area contributed by atoms with Gasteiger partial charge >= 0.3 is 5.97 Å². The van der Waals surface area contributed by atoms with Gasteiger partial charge in [0.05, 0.1) is 60.1 Å². The van der Waals surface area contributed by atoms with Crippen molar-refractivity contribution in [3.63, 3.8) is 0 Å². The molecule has 6 aliphatic rings. The van der Waals surface area contributed by atoms with Gasteiger partial charge in [-0.25, -0.2) is 19.2 Å². The van der Waals surface area contributed by atoms with Gasteiger partial charge in [-0.15, -0.1) is 11.3 Å². The monoisotopic (exact) mass is 1080 g/mol. The zero-order chi connectivity index (χ0) is 53.5. The number of amides is 2. The van der Waals surface area contributed by atoms with E-state index in [1.807, 2.05) is 31.5 Å². The Hall–Kier alpha value is -5.42. The van der Waals surface area contributed by atoms with Crippen LogP contribution in [-0.4, -0.2) is 151 Å². The van der Waals surface area contributed by atoms with Crippen molar-refractivity contribution in [3.8, 4) is 22.5 Å². The number of alkyl halides is 2. The number of nitrogens with one attached hydrogen (secondary N) is 2. The molecule has 414 valence electrons. The number of carbonyl (C=O) groups is 3. The van der Waals surface area contributed by atoms with Gasteiger partial charge in [-0.05, 0) is 81.5 Å². The van der Waals surface area contributed by atoms with Gasteiger partial charge in [0.1, 0.15) is 36.1 Å². The van der Waals surface area contributed by atoms with E-state index >= 15 is 0 Å². The summed E-state index contributed by atoms with van der Waals surface area (Å²) in [7, 11) is 1.70. The molecule has 11 rings (SSSR count). The highest BCUT2D eigenvalue weighted by molar-refractivity contribution is 7.10. The highest BCUT2D eigenvalue weighted by atomic mass is 32.1. The zero-order valence-corrected chi connectivity index (χ0v) is 45.4. The second kappa shape index (κ2) is 22.7. The molecule has 2 aliphatic carbocycles. The van der Waals surface area contributed by atoms with Crippen molar-refractivity contribution < 1.29 is 51.4 Å². The molecule has 0 radical (unpaired) electrons. The number of rotatable bonds is 15. The molecular weight excluding hydrogens is 1010 g/mol. The molecule has 4 aliphatic heterocycles. The first-order chi connectivity index (χ1) is 37.2. The van der Waals surface area contributed by atoms with Crippen molar-refractivity contribution in [3.05, 3.63) is 70.1 Å². The Labute approximate surface area is 451 Å². The topological polar surface area (TPSA) is 188 Å². The van der Waals surface area contributed by atoms with Gasteiger partial charge in [0.2, 0.25) is 5.91 Å². The van der Waals surface area contributed by atoms with E-state index in [0.29, 0.717) is 63.1 Å². The van der Waals surface area contributed by atoms with Gasteiger partial charge < -0.3 is 43.0 Å². The lowest BCUT2D eigenvalue weighted by atomic mass is 9.84. The van der Waals surface area contributed by atoms with Crippen LogP contribution >= 0.6 is 11.3 Å². The number of esters is 1. The van der Waals surface area contributed by atoms with E-state index in [4.69, 9.17) is 38.2 Å². The van der Waals surface area contributed by atoms with E-state index in [0.717, 1.165) is 95.0 Å². The highest BCUT2D eigenvalue weighted by Crippen LogP contribution is 2.53. The smallest absolute Gasteiger partial charge is 0.324 e. The Morgan fingerprint density at radius 3 is 2.57 bits per heavy atom. The molecule has 1 aromatic carbocycles. The van der Waals surface area contributed by atoms with Crippen LogP contribution in [0.3, 0.4) is 0 Å². The van der Waals surface area contributed by atoms with E-state index in [1.54, 1.807) is 13.2 Å². The maximum absolute atomic E-state index is 14.9. The zero-order valence-electron chi connectivity index (χ0n) is 44.6. The van der Waals surface area contributed by atoms with Crippen LogP contribution in [-0.2, 0) is 51.0 Å². The lowest BCUT2D eigenvalue weighted by molar-refractivity contribution is -0.157. The summed E-state index contributed by atoms with van der Waals surface area (Å²) in [6.45, 7) is 13.3. The molecule has 2 saturated carbocycles. The highest BCUT2D eigenvalue weighted by Gasteiger charge is 2.55. The Kier molecular flexibility index (Phi) is 15.8. The SMILES string of the molecule is CO[C@@H](C)c1ncc(N2CCN(C3CC3)CC2)cc1-c1c2c3cc(ccc3n1CCOC1CCOCC1)-c1csc(n1)[C@@H](OCC(F)F)[C@H](NC(=O)[C@@H]1[C@@H](C)[C@H]1c1ccon1)C(=O)N1CCC[C@H](N1)C(=O)OCC(C)(C)C2. The molecule has 4 aromatic heterocycles. The molecule has 2 amide bonds. The second-order valence-electron chi connectivity index (χ2n) is 22.5. The number of pyridine rings is 1. The number of cyclic esters (lactones) is 1. The lowest BCUT2D eigenvalue weighted by Crippen LogP contribution is -2.61. The third kappa shape index (κ3) is 11.5. The Morgan fingerprint density at radius 2 is 1.83 bits per heavy atom. The van der Waals surface area contributed by atoms with Gasteiger partial charge in [-0.3, -0.25) is 29.3 Å². The number of methoxy groups -OCH3 is 1. The van der Waals surface area contributed by atoms with Gasteiger partial charge in [0, 0.05) is 116 Å². The summed E-state index contributed by atoms with van der Waals surface area (Å²) in [6, 6.07) is 8.42. The van der Waals surface area contributed by atoms with Gasteiger partial charge in [-0.1, -0.05) is 32.0 Å². The summed E-state index contributed by atoms with van der Waals surface area (Å²) in [4.78, 5) is 58.8. The third-order valence-corrected chi connectivity index (χ3v) is 17.4. The fourth-order valence-electron chi connectivity index (χ4n) is 11.9. The maximum atomic E-state index is 14.9. The van der Waals surface area contributed by atoms with Gasteiger partial charge in [-0.2, -0.15) is 0 Å². The quantitative estimate of drug-likeness (QED) is 0.0982. The molecule has 18 nitrogen and oxygen atoms in total. The summed E-state index contributed by atoms with van der Waals surface area (Å²) in [5.74, 6) is -2.67. The number of hydrogen-bond acceptors (Lipinski definition) is 16. The summed E-state index contributed by atoms with van der Waals surface area (Å²) in [5.41, 5.74) is 10.0. The Morgan fingerprint density at radius 1 is 1.03 bits per heavy atom. The largest absolute Gasteiger partial charge is 0.464 e. The maximum Gasteiger partial charge on any atom is 0.324 e. The normalized spacial score (nSPS) is 26.0. The molecule has 8 heterocycles. The minimum absolute atomic E-state index is 0.0471. The average molecular weight is 1080 g/mol. The first-order valence-corrected chi connectivity index (χ1v) is 28.3. The number of carbonyl (C=O) groups excluding carboxylic acids is 3. The van der Waals surface area contributed by atoms with Crippen LogP contribution in [0.2, 0.25) is 0 Å². The van der Waals surface area contributed by atoms with E-state index in [9.17, 15) is 23.2 Å². The number of aromatic nitrogens is 4. The number of halogens is 2. The fraction of sp³-hybridized carbons (Fsp3) is 0.607. The summed E-state index contributed by atoms with van der Waals surface area (Å²) >= 11 is 1.16. The molecule has 77 heavy (non-hydrogen) atoms. The van der Waals surface area contributed by atoms with Crippen LogP contribution in [0, 0.1) is 17.3 Å². The minimum Gasteiger partial charge on any atom is -0.464 e. The average Bonchev–Trinajstić information content (AvgIpc) is 4.39. The summed E-state index contributed by atoms with van der Waals surface area (Å²) in [5, 5.41) is 11.2. The summed E-state index contributed by atoms with van der Waals surface area (Å²) in [6.07, 6.45) is 4.22. The van der Waals surface area contributed by atoms with E-state index in [-0.39, 0.29) is 42.2 Å². The van der Waals surface area contributed by atoms with Crippen LogP contribution in [0.4, 0.5) is 14.5 Å². The molecule has 5 fully saturated rings. The van der Waals surface area contributed by atoms with E-state index in [2.05, 4.69) is 62.3 Å². The summed E-state index contributed by atoms with van der Waals surface area (Å²) < 4.78 is 66.5. The fourth-order valence-corrected chi connectivity index (χ4v) is 12.9. The predicted octanol–water partition coefficient (Wildman–Crippen LogP) is 7.48. The number of fused-ring (bicyclic) bond motifs is 6. The second-order valence-corrected chi connectivity index (χ2v) is 23.3. The molecule has 6 bridgehead atoms. The number of piperazine rings is 1. The van der Waals surface area contributed by atoms with Gasteiger partial charge in [0.15, 0.2) is 0 Å². The van der Waals surface area contributed by atoms with Crippen LogP contribution in [0.1, 0.15) is 106 Å². The van der Waals surface area contributed by atoms with E-state index < -0.39 is 60.3 Å². The molecule has 5 aromatic rings. The van der Waals surface area contributed by atoms with Crippen molar-refractivity contribution in [2.45, 2.75) is 128 Å². The number of anilines is 1. The van der Waals surface area contributed by atoms with Crippen LogP contribution in [0.15, 0.2) is 52.7 Å². The van der Waals surface area contributed by atoms with Crippen molar-refractivity contribution in [2.75, 3.05) is 77.8 Å². The van der Waals surface area contributed by atoms with Crippen LogP contribution in [0.5, 0.6) is 0 Å². The Balaban J connectivity index is 1.04. The number of hydrazine groups is 1. The predicted molar refractivity (Wildman–Crippen MR) is 283 cm³/mol. The number of benzene rings is 1. The minimum atomic E-state index is -2.90. The van der Waals surface area contributed by atoms with Crippen molar-refractivity contribution in [2.24, 2.45) is 17.3 Å². The van der Waals surface area contributed by atoms with Gasteiger partial charge in [0.25, 0.3) is 12.3 Å². The standard InChI is InChI=1S/C56H71F2N9O9S/c1-32-46(41-14-23-76-63-41)47(32)52(68)61-49-51(74-29-45(57)58)53-60-43(30-77-53)34-8-11-44-38(25-34)40(27-56(3,4)31-75-55(70)42-7-6-15-67(62-42)54(49)69)50(66(44)20-24-73-37-12-21-72-22-13-37)39-26-36(28-59-48(39)33(2)71-5)65-18-16-64(17-19-65)35-9-10-35/h8,11,14,23,25-26,28,30,32-33,35,37,42,45-47,49,51,62H,6-7,9-10,12-13,15-22,24,27,29,31H2,1-5H3,(H,61,68)/t32-,33-,42-,46-,47+,49-,51-/m0/s1. The third-order valence-electron chi connectivity index (χ3n) is 16.5. The molecule has 7 atom stereocenters. The van der Waals surface area contributed by atoms with Crippen LogP contribution in [0.25, 0.3) is 33.4 Å². The molecule has 0 unspecified atom stereocenters. The molecular formula is C56H71F2N9O9S. The van der Waals surface area contributed by atoms with Crippen molar-refractivity contribution in [1.82, 2.24) is 40.3 Å². The van der Waals surface area contributed by atoms with Crippen molar-refractivity contribution >= 4 is 45.7 Å². The molecule has 21 heteroatoms. The molecule has 2 N–H and O–H groups in total. The molecule has 3 saturated heterocycles.